The van der Waals surface area contributed by atoms with Crippen LogP contribution in [0.1, 0.15) is 19.4 Å². The van der Waals surface area contributed by atoms with Crippen molar-refractivity contribution in [3.8, 4) is 5.75 Å². The van der Waals surface area contributed by atoms with Crippen LogP contribution in [0.15, 0.2) is 48.5 Å². The predicted octanol–water partition coefficient (Wildman–Crippen LogP) is 3.11. The molecule has 0 saturated heterocycles. The topological polar surface area (TPSA) is 55.8 Å². The van der Waals surface area contributed by atoms with E-state index in [4.69, 9.17) is 9.47 Å². The van der Waals surface area contributed by atoms with Gasteiger partial charge in [0.2, 0.25) is 0 Å². The molecule has 0 saturated carbocycles. The van der Waals surface area contributed by atoms with Crippen LogP contribution < -0.4 is 9.64 Å². The highest BCUT2D eigenvalue weighted by molar-refractivity contribution is 5.99. The Bertz CT molecular complexity index is 806. The van der Waals surface area contributed by atoms with E-state index in [-0.39, 0.29) is 24.4 Å². The van der Waals surface area contributed by atoms with Crippen LogP contribution in [0.5, 0.6) is 5.75 Å². The first kappa shape index (κ1) is 17.9. The molecule has 1 amide bonds. The highest BCUT2D eigenvalue weighted by atomic mass is 19.1. The van der Waals surface area contributed by atoms with Crippen molar-refractivity contribution in [1.29, 1.82) is 0 Å². The van der Waals surface area contributed by atoms with Crippen molar-refractivity contribution in [2.24, 2.45) is 0 Å². The van der Waals surface area contributed by atoms with Gasteiger partial charge in [0.25, 0.3) is 5.91 Å². The second-order valence-electron chi connectivity index (χ2n) is 6.26. The first-order valence-corrected chi connectivity index (χ1v) is 8.44. The summed E-state index contributed by atoms with van der Waals surface area (Å²) in [4.78, 5) is 26.4. The van der Waals surface area contributed by atoms with Gasteiger partial charge in [-0.2, -0.15) is 0 Å². The summed E-state index contributed by atoms with van der Waals surface area (Å²) in [5.74, 6) is -0.962. The number of hydrogen-bond donors (Lipinski definition) is 0. The Labute approximate surface area is 151 Å². The molecule has 5 nitrogen and oxygen atoms in total. The third-order valence-corrected chi connectivity index (χ3v) is 4.27. The van der Waals surface area contributed by atoms with Gasteiger partial charge in [-0.1, -0.05) is 18.2 Å². The molecule has 136 valence electrons. The molecule has 0 aliphatic carbocycles. The van der Waals surface area contributed by atoms with Gasteiger partial charge in [0.1, 0.15) is 11.6 Å². The minimum Gasteiger partial charge on any atom is -0.482 e. The summed E-state index contributed by atoms with van der Waals surface area (Å²) in [6, 6.07) is 13.0. The highest BCUT2D eigenvalue weighted by Gasteiger charge is 2.34. The van der Waals surface area contributed by atoms with Gasteiger partial charge in [-0.25, -0.2) is 9.18 Å². The lowest BCUT2D eigenvalue weighted by Gasteiger charge is -2.25. The third kappa shape index (κ3) is 3.85. The standard InChI is InChI=1S/C20H20FNO4/c1-13-11-15-5-3-4-6-18(15)22(13)20(24)14(2)26-19(23)12-25-17-9-7-16(21)8-10-17/h3-10,13-14H,11-12H2,1-2H3/t13-,14-/m0/s1. The number of fused-ring (bicyclic) bond motifs is 1. The molecular weight excluding hydrogens is 337 g/mol. The number of carbonyl (C=O) groups is 2. The number of anilines is 1. The van der Waals surface area contributed by atoms with E-state index in [9.17, 15) is 14.0 Å². The van der Waals surface area contributed by atoms with Crippen molar-refractivity contribution >= 4 is 17.6 Å². The fraction of sp³-hybridized carbons (Fsp3) is 0.300. The number of para-hydroxylation sites is 1. The second kappa shape index (κ2) is 7.56. The first-order chi connectivity index (χ1) is 12.5. The van der Waals surface area contributed by atoms with Crippen molar-refractivity contribution in [3.63, 3.8) is 0 Å². The number of esters is 1. The molecule has 1 aliphatic heterocycles. The summed E-state index contributed by atoms with van der Waals surface area (Å²) in [6.07, 6.45) is -0.149. The molecule has 0 fully saturated rings. The zero-order chi connectivity index (χ0) is 18.7. The number of benzene rings is 2. The zero-order valence-electron chi connectivity index (χ0n) is 14.6. The Hall–Kier alpha value is -2.89. The molecule has 0 radical (unpaired) electrons. The molecule has 2 atom stereocenters. The maximum Gasteiger partial charge on any atom is 0.344 e. The summed E-state index contributed by atoms with van der Waals surface area (Å²) in [5, 5.41) is 0. The van der Waals surface area contributed by atoms with E-state index in [1.165, 1.54) is 24.3 Å². The van der Waals surface area contributed by atoms with Gasteiger partial charge in [-0.05, 0) is 56.2 Å². The van der Waals surface area contributed by atoms with E-state index >= 15 is 0 Å². The van der Waals surface area contributed by atoms with E-state index in [0.717, 1.165) is 17.7 Å². The van der Waals surface area contributed by atoms with Crippen LogP contribution in [-0.4, -0.2) is 30.6 Å². The van der Waals surface area contributed by atoms with Crippen molar-refractivity contribution < 1.29 is 23.5 Å². The second-order valence-corrected chi connectivity index (χ2v) is 6.26. The summed E-state index contributed by atoms with van der Waals surface area (Å²) in [5.41, 5.74) is 1.96. The molecule has 2 aromatic rings. The monoisotopic (exact) mass is 357 g/mol. The molecule has 1 heterocycles. The average Bonchev–Trinajstić information content (AvgIpc) is 2.96. The normalized spacial score (nSPS) is 16.7. The molecule has 0 unspecified atom stereocenters. The van der Waals surface area contributed by atoms with E-state index < -0.39 is 12.1 Å². The van der Waals surface area contributed by atoms with Gasteiger partial charge in [0.05, 0.1) is 0 Å². The van der Waals surface area contributed by atoms with Gasteiger partial charge in [-0.15, -0.1) is 0 Å². The van der Waals surface area contributed by atoms with Crippen LogP contribution in [0.2, 0.25) is 0 Å². The molecule has 3 rings (SSSR count). The van der Waals surface area contributed by atoms with E-state index in [1.54, 1.807) is 11.8 Å². The lowest BCUT2D eigenvalue weighted by molar-refractivity contribution is -0.155. The third-order valence-electron chi connectivity index (χ3n) is 4.27. The predicted molar refractivity (Wildman–Crippen MR) is 94.5 cm³/mol. The van der Waals surface area contributed by atoms with Gasteiger partial charge < -0.3 is 14.4 Å². The lowest BCUT2D eigenvalue weighted by atomic mass is 10.1. The number of halogens is 1. The summed E-state index contributed by atoms with van der Waals surface area (Å²) in [7, 11) is 0. The van der Waals surface area contributed by atoms with Crippen LogP contribution in [0, 0.1) is 5.82 Å². The number of amides is 1. The van der Waals surface area contributed by atoms with Gasteiger partial charge in [-0.3, -0.25) is 4.79 Å². The molecular formula is C20H20FNO4. The Balaban J connectivity index is 1.57. The van der Waals surface area contributed by atoms with Crippen molar-refractivity contribution in [3.05, 3.63) is 59.9 Å². The number of carbonyl (C=O) groups excluding carboxylic acids is 2. The molecule has 26 heavy (non-hydrogen) atoms. The molecule has 1 aliphatic rings. The van der Waals surface area contributed by atoms with Crippen LogP contribution in [-0.2, 0) is 20.7 Å². The number of ether oxygens (including phenoxy) is 2. The Kier molecular flexibility index (Phi) is 5.21. The number of hydrogen-bond acceptors (Lipinski definition) is 4. The van der Waals surface area contributed by atoms with Gasteiger partial charge >= 0.3 is 5.97 Å². The Morgan fingerprint density at radius 2 is 1.88 bits per heavy atom. The minimum absolute atomic E-state index is 0.0107. The smallest absolute Gasteiger partial charge is 0.344 e. The van der Waals surface area contributed by atoms with Crippen molar-refractivity contribution in [1.82, 2.24) is 0 Å². The van der Waals surface area contributed by atoms with E-state index in [1.807, 2.05) is 31.2 Å². The molecule has 6 heteroatoms. The quantitative estimate of drug-likeness (QED) is 0.772. The fourth-order valence-corrected chi connectivity index (χ4v) is 3.05. The fourth-order valence-electron chi connectivity index (χ4n) is 3.05. The van der Waals surface area contributed by atoms with Gasteiger partial charge in [0, 0.05) is 11.7 Å². The Morgan fingerprint density at radius 1 is 1.19 bits per heavy atom. The molecule has 2 aromatic carbocycles. The SMILES string of the molecule is C[C@H](OC(=O)COc1ccc(F)cc1)C(=O)N1c2ccccc2C[C@@H]1C. The highest BCUT2D eigenvalue weighted by Crippen LogP contribution is 2.32. The van der Waals surface area contributed by atoms with Crippen LogP contribution in [0.4, 0.5) is 10.1 Å². The van der Waals surface area contributed by atoms with E-state index in [0.29, 0.717) is 5.75 Å². The lowest BCUT2D eigenvalue weighted by Crippen LogP contribution is -2.43. The maximum atomic E-state index is 12.8. The molecule has 0 spiro atoms. The average molecular weight is 357 g/mol. The maximum absolute atomic E-state index is 12.8. The zero-order valence-corrected chi connectivity index (χ0v) is 14.6. The largest absolute Gasteiger partial charge is 0.482 e. The first-order valence-electron chi connectivity index (χ1n) is 8.44. The number of rotatable bonds is 5. The van der Waals surface area contributed by atoms with Crippen molar-refractivity contribution in [2.75, 3.05) is 11.5 Å². The summed E-state index contributed by atoms with van der Waals surface area (Å²) in [6.45, 7) is 3.16. The van der Waals surface area contributed by atoms with Crippen LogP contribution in [0.25, 0.3) is 0 Å². The molecule has 0 N–H and O–H groups in total. The number of nitrogens with zero attached hydrogens (tertiary/aromatic N) is 1. The Morgan fingerprint density at radius 3 is 2.62 bits per heavy atom. The summed E-state index contributed by atoms with van der Waals surface area (Å²) >= 11 is 0. The molecule has 0 bridgehead atoms. The van der Waals surface area contributed by atoms with Crippen molar-refractivity contribution in [2.45, 2.75) is 32.4 Å². The van der Waals surface area contributed by atoms with Crippen LogP contribution in [0.3, 0.4) is 0 Å². The summed E-state index contributed by atoms with van der Waals surface area (Å²) < 4.78 is 23.3. The molecule has 0 aromatic heterocycles. The van der Waals surface area contributed by atoms with Crippen LogP contribution >= 0.6 is 0 Å². The minimum atomic E-state index is -0.923. The van der Waals surface area contributed by atoms with Gasteiger partial charge in [0.15, 0.2) is 12.7 Å². The van der Waals surface area contributed by atoms with E-state index in [2.05, 4.69) is 0 Å².